The summed E-state index contributed by atoms with van der Waals surface area (Å²) in [5, 5.41) is 0. The van der Waals surface area contributed by atoms with E-state index in [9.17, 15) is 4.79 Å². The zero-order valence-electron chi connectivity index (χ0n) is 15.7. The summed E-state index contributed by atoms with van der Waals surface area (Å²) in [6.45, 7) is 3.88. The summed E-state index contributed by atoms with van der Waals surface area (Å²) in [5.41, 5.74) is 18.4. The summed E-state index contributed by atoms with van der Waals surface area (Å²) < 4.78 is 5.52. The van der Waals surface area contributed by atoms with Crippen molar-refractivity contribution in [3.8, 4) is 0 Å². The number of ether oxygens (including phenoxy) is 1. The van der Waals surface area contributed by atoms with Crippen molar-refractivity contribution >= 4 is 17.9 Å². The first-order valence-electron chi connectivity index (χ1n) is 9.61. The highest BCUT2D eigenvalue weighted by Gasteiger charge is 2.35. The molecule has 0 radical (unpaired) electrons. The fraction of sp³-hybridized carbons (Fsp3) is 0.722. The van der Waals surface area contributed by atoms with Crippen molar-refractivity contribution in [3.05, 3.63) is 11.3 Å². The van der Waals surface area contributed by atoms with Crippen LogP contribution in [-0.4, -0.2) is 48.5 Å². The highest BCUT2D eigenvalue weighted by atomic mass is 16.5. The molecule has 2 rings (SSSR count). The van der Waals surface area contributed by atoms with Gasteiger partial charge in [-0.3, -0.25) is 4.99 Å². The van der Waals surface area contributed by atoms with Crippen LogP contribution in [-0.2, 0) is 9.53 Å². The van der Waals surface area contributed by atoms with Gasteiger partial charge < -0.3 is 26.8 Å². The topological polar surface area (TPSA) is 132 Å². The zero-order valence-corrected chi connectivity index (χ0v) is 15.7. The van der Waals surface area contributed by atoms with E-state index in [1.165, 1.54) is 0 Å². The fourth-order valence-corrected chi connectivity index (χ4v) is 3.41. The van der Waals surface area contributed by atoms with Gasteiger partial charge in [-0.25, -0.2) is 9.79 Å². The Balaban J connectivity index is 1.96. The molecule has 146 valence electrons. The van der Waals surface area contributed by atoms with Crippen molar-refractivity contribution in [2.75, 3.05) is 19.7 Å². The number of aliphatic imine (C=N–C) groups is 2. The molecule has 0 aromatic rings. The van der Waals surface area contributed by atoms with Gasteiger partial charge in [0.1, 0.15) is 0 Å². The Hall–Kier alpha value is -2.25. The lowest BCUT2D eigenvalue weighted by Gasteiger charge is -2.30. The maximum Gasteiger partial charge on any atom is 0.337 e. The quantitative estimate of drug-likeness (QED) is 0.231. The summed E-state index contributed by atoms with van der Waals surface area (Å²) in [6, 6.07) is -0.181. The molecule has 0 aromatic heterocycles. The molecule has 2 heterocycles. The zero-order chi connectivity index (χ0) is 18.9. The average molecular weight is 364 g/mol. The van der Waals surface area contributed by atoms with Crippen molar-refractivity contribution < 1.29 is 9.53 Å². The number of nitrogens with two attached hydrogens (primary N) is 3. The van der Waals surface area contributed by atoms with Crippen molar-refractivity contribution in [1.82, 2.24) is 4.90 Å². The minimum absolute atomic E-state index is 0.0860. The van der Waals surface area contributed by atoms with Crippen LogP contribution < -0.4 is 17.2 Å². The third-order valence-electron chi connectivity index (χ3n) is 4.71. The van der Waals surface area contributed by atoms with E-state index >= 15 is 0 Å². The van der Waals surface area contributed by atoms with Crippen LogP contribution in [0.1, 0.15) is 58.3 Å². The lowest BCUT2D eigenvalue weighted by Crippen LogP contribution is -2.41. The summed E-state index contributed by atoms with van der Waals surface area (Å²) in [5.74, 6) is 0.363. The van der Waals surface area contributed by atoms with Crippen LogP contribution in [0.25, 0.3) is 0 Å². The predicted octanol–water partition coefficient (Wildman–Crippen LogP) is 1.21. The first-order valence-corrected chi connectivity index (χ1v) is 9.61. The lowest BCUT2D eigenvalue weighted by molar-refractivity contribution is -0.139. The van der Waals surface area contributed by atoms with Crippen LogP contribution >= 0.6 is 0 Å². The third-order valence-corrected chi connectivity index (χ3v) is 4.71. The Kier molecular flexibility index (Phi) is 7.74. The van der Waals surface area contributed by atoms with Gasteiger partial charge in [-0.2, -0.15) is 0 Å². The van der Waals surface area contributed by atoms with E-state index in [0.29, 0.717) is 24.7 Å². The molecule has 8 heteroatoms. The number of fused-ring (bicyclic) bond motifs is 1. The Morgan fingerprint density at radius 3 is 2.85 bits per heavy atom. The summed E-state index contributed by atoms with van der Waals surface area (Å²) in [7, 11) is 0. The molecule has 2 aliphatic rings. The molecule has 1 saturated heterocycles. The Labute approximate surface area is 155 Å². The molecule has 26 heavy (non-hydrogen) atoms. The van der Waals surface area contributed by atoms with Gasteiger partial charge in [-0.1, -0.05) is 26.2 Å². The van der Waals surface area contributed by atoms with Crippen LogP contribution in [0, 0.1) is 0 Å². The molecule has 0 aliphatic carbocycles. The van der Waals surface area contributed by atoms with E-state index < -0.39 is 0 Å². The predicted molar refractivity (Wildman–Crippen MR) is 103 cm³/mol. The summed E-state index contributed by atoms with van der Waals surface area (Å²) >= 11 is 0. The number of hydrogen-bond donors (Lipinski definition) is 3. The number of unbranched alkanes of at least 4 members (excludes halogenated alkanes) is 3. The maximum atomic E-state index is 12.7. The Morgan fingerprint density at radius 1 is 1.31 bits per heavy atom. The highest BCUT2D eigenvalue weighted by Crippen LogP contribution is 2.33. The van der Waals surface area contributed by atoms with E-state index in [-0.39, 0.29) is 18.0 Å². The SMILES string of the molecule is CCCCC[C@H]1N=C(N)N2CCCC2=C1C(=O)OCCCCN=C(N)N. The molecule has 1 atom stereocenters. The standard InChI is InChI=1S/C18H32N6O2/c1-2-3-4-8-13-15(14-9-7-11-24(14)18(21)23-13)16(25)26-12-6-5-10-22-17(19)20/h13H,2-12H2,1H3,(H2,21,23)(H4,19,20,22)/t13-/m1/s1. The van der Waals surface area contributed by atoms with Crippen molar-refractivity contribution in [2.24, 2.45) is 27.2 Å². The first kappa shape index (κ1) is 20.1. The number of allylic oxidation sites excluding steroid dienone is 1. The second kappa shape index (κ2) is 10.0. The number of guanidine groups is 2. The number of carbonyl (C=O) groups is 1. The Bertz CT molecular complexity index is 580. The van der Waals surface area contributed by atoms with Crippen LogP contribution in [0.2, 0.25) is 0 Å². The Morgan fingerprint density at radius 2 is 2.12 bits per heavy atom. The van der Waals surface area contributed by atoms with E-state index in [2.05, 4.69) is 16.9 Å². The van der Waals surface area contributed by atoms with Crippen molar-refractivity contribution in [2.45, 2.75) is 64.3 Å². The van der Waals surface area contributed by atoms with Gasteiger partial charge in [0.05, 0.1) is 18.2 Å². The number of carbonyl (C=O) groups excluding carboxylic acids is 1. The first-order chi connectivity index (χ1) is 12.5. The fourth-order valence-electron chi connectivity index (χ4n) is 3.41. The van der Waals surface area contributed by atoms with Gasteiger partial charge in [0.15, 0.2) is 11.9 Å². The average Bonchev–Trinajstić information content (AvgIpc) is 3.08. The maximum absolute atomic E-state index is 12.7. The largest absolute Gasteiger partial charge is 0.462 e. The minimum atomic E-state index is -0.258. The van der Waals surface area contributed by atoms with Gasteiger partial charge in [-0.05, 0) is 32.1 Å². The van der Waals surface area contributed by atoms with Crippen LogP contribution in [0.15, 0.2) is 21.3 Å². The summed E-state index contributed by atoms with van der Waals surface area (Å²) in [4.78, 5) is 23.2. The van der Waals surface area contributed by atoms with Crippen LogP contribution in [0.5, 0.6) is 0 Å². The molecule has 0 unspecified atom stereocenters. The molecular formula is C18H32N6O2. The molecule has 0 amide bonds. The summed E-state index contributed by atoms with van der Waals surface area (Å²) in [6.07, 6.45) is 7.45. The molecule has 8 nitrogen and oxygen atoms in total. The number of nitrogens with zero attached hydrogens (tertiary/aromatic N) is 3. The highest BCUT2D eigenvalue weighted by molar-refractivity contribution is 5.95. The molecule has 0 spiro atoms. The molecule has 1 fully saturated rings. The van der Waals surface area contributed by atoms with Gasteiger partial charge in [0, 0.05) is 18.8 Å². The second-order valence-electron chi connectivity index (χ2n) is 6.76. The third kappa shape index (κ3) is 5.37. The van der Waals surface area contributed by atoms with E-state index in [1.54, 1.807) is 0 Å². The lowest BCUT2D eigenvalue weighted by atomic mass is 9.97. The molecule has 2 aliphatic heterocycles. The van der Waals surface area contributed by atoms with Gasteiger partial charge in [0.25, 0.3) is 0 Å². The minimum Gasteiger partial charge on any atom is -0.462 e. The van der Waals surface area contributed by atoms with Gasteiger partial charge >= 0.3 is 5.97 Å². The van der Waals surface area contributed by atoms with Crippen LogP contribution in [0.4, 0.5) is 0 Å². The molecule has 0 saturated carbocycles. The van der Waals surface area contributed by atoms with Crippen LogP contribution in [0.3, 0.4) is 0 Å². The number of esters is 1. The van der Waals surface area contributed by atoms with Crippen molar-refractivity contribution in [3.63, 3.8) is 0 Å². The van der Waals surface area contributed by atoms with Gasteiger partial charge in [0.2, 0.25) is 0 Å². The van der Waals surface area contributed by atoms with Gasteiger partial charge in [-0.15, -0.1) is 0 Å². The molecular weight excluding hydrogens is 332 g/mol. The number of hydrogen-bond acceptors (Lipinski definition) is 6. The monoisotopic (exact) mass is 364 g/mol. The van der Waals surface area contributed by atoms with E-state index in [0.717, 1.165) is 63.6 Å². The smallest absolute Gasteiger partial charge is 0.337 e. The molecule has 0 aromatic carbocycles. The van der Waals surface area contributed by atoms with E-state index in [4.69, 9.17) is 21.9 Å². The number of rotatable bonds is 10. The van der Waals surface area contributed by atoms with E-state index in [1.807, 2.05) is 4.90 Å². The normalized spacial score (nSPS) is 19.2. The molecule has 6 N–H and O–H groups in total. The second-order valence-corrected chi connectivity index (χ2v) is 6.76. The molecule has 0 bridgehead atoms. The van der Waals surface area contributed by atoms with Crippen molar-refractivity contribution in [1.29, 1.82) is 0 Å².